The molecular weight excluding hydrogens is 240 g/mol. The van der Waals surface area contributed by atoms with Crippen molar-refractivity contribution in [3.05, 3.63) is 29.8 Å². The second-order valence-electron chi connectivity index (χ2n) is 5.26. The zero-order valence-corrected chi connectivity index (χ0v) is 11.8. The quantitative estimate of drug-likeness (QED) is 0.595. The average Bonchev–Trinajstić information content (AvgIpc) is 2.14. The molecule has 0 N–H and O–H groups in total. The van der Waals surface area contributed by atoms with E-state index in [1.54, 1.807) is 0 Å². The van der Waals surface area contributed by atoms with Gasteiger partial charge < -0.3 is 4.65 Å². The van der Waals surface area contributed by atoms with Crippen LogP contribution in [0.1, 0.15) is 27.7 Å². The number of hydrogen-bond acceptors (Lipinski definition) is 1. The van der Waals surface area contributed by atoms with Gasteiger partial charge in [0.2, 0.25) is 0 Å². The molecule has 1 rings (SSSR count). The van der Waals surface area contributed by atoms with E-state index in [1.807, 2.05) is 27.7 Å². The van der Waals surface area contributed by atoms with Crippen molar-refractivity contribution >= 4 is 22.2 Å². The standard InChI is InChI=1S/C12H18BF2OP/c1-11(2,12(3,4)17)16-13-9-6-5-8(14)7-10(9)15/h5-7,13H,17H2,1-4H3. The second-order valence-corrected chi connectivity index (χ2v) is 6.70. The van der Waals surface area contributed by atoms with E-state index in [1.165, 1.54) is 12.1 Å². The molecule has 0 spiro atoms. The Kier molecular flexibility index (Phi) is 4.32. The van der Waals surface area contributed by atoms with E-state index in [0.29, 0.717) is 5.46 Å². The maximum absolute atomic E-state index is 13.4. The Bertz CT molecular complexity index is 402. The molecule has 0 saturated carbocycles. The molecule has 1 unspecified atom stereocenters. The lowest BCUT2D eigenvalue weighted by Crippen LogP contribution is -2.45. The van der Waals surface area contributed by atoms with Gasteiger partial charge in [-0.2, -0.15) is 0 Å². The fourth-order valence-electron chi connectivity index (χ4n) is 1.08. The lowest BCUT2D eigenvalue weighted by atomic mass is 9.83. The summed E-state index contributed by atoms with van der Waals surface area (Å²) >= 11 is 0. The molecule has 0 aromatic heterocycles. The maximum atomic E-state index is 13.4. The summed E-state index contributed by atoms with van der Waals surface area (Å²) in [5.74, 6) is -1.14. The molecule has 1 nitrogen and oxygen atoms in total. The van der Waals surface area contributed by atoms with E-state index in [2.05, 4.69) is 9.24 Å². The summed E-state index contributed by atoms with van der Waals surface area (Å²) in [6, 6.07) is 3.52. The van der Waals surface area contributed by atoms with Crippen LogP contribution in [0.3, 0.4) is 0 Å². The van der Waals surface area contributed by atoms with Crippen LogP contribution >= 0.6 is 9.24 Å². The molecule has 17 heavy (non-hydrogen) atoms. The fraction of sp³-hybridized carbons (Fsp3) is 0.500. The molecule has 0 amide bonds. The minimum atomic E-state index is -0.572. The van der Waals surface area contributed by atoms with Gasteiger partial charge in [0.1, 0.15) is 11.6 Å². The highest BCUT2D eigenvalue weighted by molar-refractivity contribution is 7.19. The largest absolute Gasteiger partial charge is 0.429 e. The molecule has 0 heterocycles. The van der Waals surface area contributed by atoms with Crippen LogP contribution in [0.2, 0.25) is 0 Å². The third-order valence-electron chi connectivity index (χ3n) is 3.16. The van der Waals surface area contributed by atoms with Crippen LogP contribution in [0.4, 0.5) is 8.78 Å². The van der Waals surface area contributed by atoms with Crippen molar-refractivity contribution < 1.29 is 13.4 Å². The molecule has 5 heteroatoms. The van der Waals surface area contributed by atoms with Crippen molar-refractivity contribution in [1.29, 1.82) is 0 Å². The van der Waals surface area contributed by atoms with Crippen molar-refractivity contribution in [3.8, 4) is 0 Å². The Hall–Kier alpha value is -0.465. The van der Waals surface area contributed by atoms with E-state index in [0.717, 1.165) is 6.07 Å². The van der Waals surface area contributed by atoms with Gasteiger partial charge in [0, 0.05) is 11.2 Å². The Balaban J connectivity index is 2.74. The molecule has 1 atom stereocenters. The predicted molar refractivity (Wildman–Crippen MR) is 72.1 cm³/mol. The molecule has 1 aromatic rings. The minimum Gasteiger partial charge on any atom is -0.429 e. The number of rotatable bonds is 4. The average molecular weight is 258 g/mol. The van der Waals surface area contributed by atoms with Crippen LogP contribution in [0.15, 0.2) is 18.2 Å². The van der Waals surface area contributed by atoms with Gasteiger partial charge in [-0.15, -0.1) is 9.24 Å². The summed E-state index contributed by atoms with van der Waals surface area (Å²) < 4.78 is 31.8. The lowest BCUT2D eigenvalue weighted by molar-refractivity contribution is 0.0839. The highest BCUT2D eigenvalue weighted by Gasteiger charge is 2.33. The topological polar surface area (TPSA) is 9.23 Å². The van der Waals surface area contributed by atoms with E-state index in [-0.39, 0.29) is 12.6 Å². The first-order chi connectivity index (χ1) is 7.63. The van der Waals surface area contributed by atoms with E-state index in [9.17, 15) is 8.78 Å². The van der Waals surface area contributed by atoms with Crippen LogP contribution in [0, 0.1) is 11.6 Å². The first kappa shape index (κ1) is 14.6. The summed E-state index contributed by atoms with van der Waals surface area (Å²) in [5, 5.41) is -0.135. The van der Waals surface area contributed by atoms with Crippen molar-refractivity contribution in [2.75, 3.05) is 0 Å². The molecule has 0 bridgehead atoms. The van der Waals surface area contributed by atoms with Crippen LogP contribution in [-0.4, -0.2) is 18.2 Å². The van der Waals surface area contributed by atoms with Crippen molar-refractivity contribution in [2.24, 2.45) is 0 Å². The summed E-state index contributed by atoms with van der Waals surface area (Å²) in [5.41, 5.74) is -0.0490. The number of halogens is 2. The minimum absolute atomic E-state index is 0.135. The highest BCUT2D eigenvalue weighted by Crippen LogP contribution is 2.33. The molecule has 0 aliphatic rings. The van der Waals surface area contributed by atoms with Crippen molar-refractivity contribution in [1.82, 2.24) is 0 Å². The maximum Gasteiger partial charge on any atom is 0.312 e. The van der Waals surface area contributed by atoms with Crippen LogP contribution in [0.5, 0.6) is 0 Å². The number of hydrogen-bond donors (Lipinski definition) is 0. The van der Waals surface area contributed by atoms with Crippen molar-refractivity contribution in [2.45, 2.75) is 38.5 Å². The van der Waals surface area contributed by atoms with E-state index >= 15 is 0 Å². The SMILES string of the molecule is CC(C)(P)C(C)(C)OBc1ccc(F)cc1F. The molecule has 0 saturated heterocycles. The van der Waals surface area contributed by atoms with E-state index in [4.69, 9.17) is 4.65 Å². The fourth-order valence-corrected chi connectivity index (χ4v) is 1.17. The van der Waals surface area contributed by atoms with E-state index < -0.39 is 17.2 Å². The summed E-state index contributed by atoms with van der Waals surface area (Å²) in [4.78, 5) is 0. The van der Waals surface area contributed by atoms with Crippen LogP contribution in [0.25, 0.3) is 0 Å². The van der Waals surface area contributed by atoms with Gasteiger partial charge in [0.25, 0.3) is 0 Å². The predicted octanol–water partition coefficient (Wildman–Crippen LogP) is 2.39. The molecule has 1 aromatic carbocycles. The Morgan fingerprint density at radius 1 is 1.18 bits per heavy atom. The first-order valence-corrected chi connectivity index (χ1v) is 6.08. The Morgan fingerprint density at radius 2 is 1.76 bits per heavy atom. The zero-order valence-electron chi connectivity index (χ0n) is 10.7. The monoisotopic (exact) mass is 258 g/mol. The van der Waals surface area contributed by atoms with Gasteiger partial charge >= 0.3 is 7.48 Å². The normalized spacial score (nSPS) is 12.6. The van der Waals surface area contributed by atoms with Gasteiger partial charge in [-0.25, -0.2) is 8.78 Å². The molecular formula is C12H18BF2OP. The van der Waals surface area contributed by atoms with Crippen LogP contribution < -0.4 is 5.46 Å². The van der Waals surface area contributed by atoms with Gasteiger partial charge in [0.05, 0.1) is 5.60 Å². The van der Waals surface area contributed by atoms with Gasteiger partial charge in [-0.05, 0) is 25.4 Å². The smallest absolute Gasteiger partial charge is 0.312 e. The zero-order chi connectivity index (χ0) is 13.3. The van der Waals surface area contributed by atoms with Crippen molar-refractivity contribution in [3.63, 3.8) is 0 Å². The molecule has 0 fully saturated rings. The van der Waals surface area contributed by atoms with Gasteiger partial charge in [-0.1, -0.05) is 19.9 Å². The summed E-state index contributed by atoms with van der Waals surface area (Å²) in [6.07, 6.45) is 0. The molecule has 0 radical (unpaired) electrons. The van der Waals surface area contributed by atoms with Crippen LogP contribution in [-0.2, 0) is 4.65 Å². The Morgan fingerprint density at radius 3 is 2.24 bits per heavy atom. The Labute approximate surface area is 104 Å². The molecule has 94 valence electrons. The highest BCUT2D eigenvalue weighted by atomic mass is 31.0. The molecule has 0 aliphatic carbocycles. The second kappa shape index (κ2) is 5.03. The van der Waals surface area contributed by atoms with Gasteiger partial charge in [-0.3, -0.25) is 0 Å². The summed E-state index contributed by atoms with van der Waals surface area (Å²) in [6.45, 7) is 7.94. The lowest BCUT2D eigenvalue weighted by Gasteiger charge is -2.39. The number of benzene rings is 1. The third-order valence-corrected chi connectivity index (χ3v) is 3.85. The third kappa shape index (κ3) is 3.75. The summed E-state index contributed by atoms with van der Waals surface area (Å²) in [7, 11) is 2.85. The first-order valence-electron chi connectivity index (χ1n) is 5.50. The molecule has 0 aliphatic heterocycles. The van der Waals surface area contributed by atoms with Gasteiger partial charge in [0.15, 0.2) is 0 Å².